The molecule has 0 saturated heterocycles. The molecule has 0 bridgehead atoms. The summed E-state index contributed by atoms with van der Waals surface area (Å²) < 4.78 is 31.4. The molecule has 0 radical (unpaired) electrons. The zero-order valence-corrected chi connectivity index (χ0v) is 17.1. The van der Waals surface area contributed by atoms with Crippen LogP contribution in [0.3, 0.4) is 0 Å². The smallest absolute Gasteiger partial charge is 0.247 e. The number of anilines is 2. The Balaban J connectivity index is 1.81. The van der Waals surface area contributed by atoms with E-state index in [0.29, 0.717) is 24.6 Å². The van der Waals surface area contributed by atoms with E-state index < -0.39 is 10.0 Å². The van der Waals surface area contributed by atoms with Crippen molar-refractivity contribution in [3.63, 3.8) is 0 Å². The number of amides is 1. The predicted molar refractivity (Wildman–Crippen MR) is 112 cm³/mol. The lowest BCUT2D eigenvalue weighted by Crippen LogP contribution is -2.44. The Labute approximate surface area is 166 Å². The maximum atomic E-state index is 13.0. The van der Waals surface area contributed by atoms with Crippen LogP contribution < -0.4 is 13.9 Å². The molecule has 7 heteroatoms. The van der Waals surface area contributed by atoms with Crippen molar-refractivity contribution < 1.29 is 17.9 Å². The van der Waals surface area contributed by atoms with E-state index in [9.17, 15) is 13.2 Å². The van der Waals surface area contributed by atoms with Gasteiger partial charge in [0.15, 0.2) is 0 Å². The van der Waals surface area contributed by atoms with Gasteiger partial charge in [-0.15, -0.1) is 0 Å². The first kappa shape index (κ1) is 20.2. The number of aryl methyl sites for hydroxylation is 1. The molecule has 0 aromatic heterocycles. The van der Waals surface area contributed by atoms with Crippen molar-refractivity contribution in [2.24, 2.45) is 0 Å². The highest BCUT2D eigenvalue weighted by molar-refractivity contribution is 7.92. The van der Waals surface area contributed by atoms with Crippen molar-refractivity contribution in [3.8, 4) is 5.75 Å². The van der Waals surface area contributed by atoms with Gasteiger partial charge >= 0.3 is 0 Å². The molecule has 0 unspecified atom stereocenters. The van der Waals surface area contributed by atoms with Crippen LogP contribution in [-0.2, 0) is 21.2 Å². The normalized spacial score (nSPS) is 13.7. The summed E-state index contributed by atoms with van der Waals surface area (Å²) in [7, 11) is -3.61. The van der Waals surface area contributed by atoms with Crippen molar-refractivity contribution in [1.29, 1.82) is 0 Å². The molecule has 0 aliphatic carbocycles. The Morgan fingerprint density at radius 1 is 1.14 bits per heavy atom. The van der Waals surface area contributed by atoms with Gasteiger partial charge in [-0.05, 0) is 55.2 Å². The van der Waals surface area contributed by atoms with Crippen molar-refractivity contribution >= 4 is 27.3 Å². The second-order valence-electron chi connectivity index (χ2n) is 6.89. The number of benzene rings is 2. The summed E-state index contributed by atoms with van der Waals surface area (Å²) in [5.41, 5.74) is 2.44. The largest absolute Gasteiger partial charge is 0.494 e. The van der Waals surface area contributed by atoms with Gasteiger partial charge in [0, 0.05) is 12.2 Å². The lowest BCUT2D eigenvalue weighted by Gasteiger charge is -2.31. The fourth-order valence-electron chi connectivity index (χ4n) is 3.33. The fraction of sp³-hybridized carbons (Fsp3) is 0.381. The number of hydrogen-bond acceptors (Lipinski definition) is 4. The van der Waals surface area contributed by atoms with Gasteiger partial charge in [-0.25, -0.2) is 8.42 Å². The lowest BCUT2D eigenvalue weighted by molar-refractivity contribution is -0.117. The first-order chi connectivity index (χ1) is 13.4. The highest BCUT2D eigenvalue weighted by Crippen LogP contribution is 2.28. The highest BCUT2D eigenvalue weighted by atomic mass is 32.2. The van der Waals surface area contributed by atoms with Crippen LogP contribution in [0.25, 0.3) is 0 Å². The van der Waals surface area contributed by atoms with E-state index in [2.05, 4.69) is 0 Å². The first-order valence-electron chi connectivity index (χ1n) is 9.49. The van der Waals surface area contributed by atoms with Crippen LogP contribution in [0.5, 0.6) is 5.75 Å². The van der Waals surface area contributed by atoms with E-state index in [0.717, 1.165) is 41.1 Å². The predicted octanol–water partition coefficient (Wildman–Crippen LogP) is 3.22. The molecule has 1 amide bonds. The number of fused-ring (bicyclic) bond motifs is 1. The monoisotopic (exact) mass is 402 g/mol. The van der Waals surface area contributed by atoms with Gasteiger partial charge in [0.25, 0.3) is 0 Å². The van der Waals surface area contributed by atoms with Crippen molar-refractivity contribution in [2.45, 2.75) is 26.2 Å². The Morgan fingerprint density at radius 2 is 1.86 bits per heavy atom. The molecule has 2 aromatic carbocycles. The zero-order chi connectivity index (χ0) is 20.1. The molecule has 0 N–H and O–H groups in total. The molecule has 150 valence electrons. The standard InChI is InChI=1S/C21H26N2O4S/c1-3-15-27-19-12-10-18(11-13-19)23(28(2,25)26)16-21(24)22-14-6-8-17-7-4-5-9-20(17)22/h4-5,7,9-13H,3,6,8,14-16H2,1-2H3. The minimum atomic E-state index is -3.61. The number of para-hydroxylation sites is 1. The number of nitrogens with zero attached hydrogens (tertiary/aromatic N) is 2. The van der Waals surface area contributed by atoms with E-state index >= 15 is 0 Å². The van der Waals surface area contributed by atoms with Crippen molar-refractivity contribution in [2.75, 3.05) is 35.2 Å². The number of carbonyl (C=O) groups excluding carboxylic acids is 1. The summed E-state index contributed by atoms with van der Waals surface area (Å²) >= 11 is 0. The first-order valence-corrected chi connectivity index (χ1v) is 11.3. The molecule has 3 rings (SSSR count). The second-order valence-corrected chi connectivity index (χ2v) is 8.80. The molecule has 1 aliphatic rings. The van der Waals surface area contributed by atoms with Gasteiger partial charge in [-0.2, -0.15) is 0 Å². The van der Waals surface area contributed by atoms with Crippen LogP contribution in [0.15, 0.2) is 48.5 Å². The summed E-state index contributed by atoms with van der Waals surface area (Å²) in [6.45, 7) is 2.98. The van der Waals surface area contributed by atoms with E-state index in [1.165, 1.54) is 0 Å². The van der Waals surface area contributed by atoms with Gasteiger partial charge in [-0.1, -0.05) is 25.1 Å². The van der Waals surface area contributed by atoms with Gasteiger partial charge in [0.2, 0.25) is 15.9 Å². The molecule has 6 nitrogen and oxygen atoms in total. The summed E-state index contributed by atoms with van der Waals surface area (Å²) in [4.78, 5) is 14.7. The third-order valence-corrected chi connectivity index (χ3v) is 5.83. The van der Waals surface area contributed by atoms with Gasteiger partial charge in [0.05, 0.1) is 18.6 Å². The molecule has 0 saturated carbocycles. The second kappa shape index (κ2) is 8.65. The van der Waals surface area contributed by atoms with Crippen LogP contribution in [-0.4, -0.2) is 40.3 Å². The average Bonchev–Trinajstić information content (AvgIpc) is 2.69. The van der Waals surface area contributed by atoms with Gasteiger partial charge in [-0.3, -0.25) is 9.10 Å². The number of ether oxygens (including phenoxy) is 1. The van der Waals surface area contributed by atoms with Crippen LogP contribution in [0, 0.1) is 0 Å². The molecule has 0 fully saturated rings. The van der Waals surface area contributed by atoms with Crippen LogP contribution in [0.4, 0.5) is 11.4 Å². The van der Waals surface area contributed by atoms with Crippen LogP contribution >= 0.6 is 0 Å². The Hall–Kier alpha value is -2.54. The van der Waals surface area contributed by atoms with E-state index in [-0.39, 0.29) is 12.5 Å². The fourth-order valence-corrected chi connectivity index (χ4v) is 4.18. The molecular weight excluding hydrogens is 376 g/mol. The summed E-state index contributed by atoms with van der Waals surface area (Å²) in [6.07, 6.45) is 3.80. The van der Waals surface area contributed by atoms with Crippen LogP contribution in [0.1, 0.15) is 25.3 Å². The minimum Gasteiger partial charge on any atom is -0.494 e. The Morgan fingerprint density at radius 3 is 2.54 bits per heavy atom. The van der Waals surface area contributed by atoms with Crippen LogP contribution in [0.2, 0.25) is 0 Å². The SMILES string of the molecule is CCCOc1ccc(N(CC(=O)N2CCCc3ccccc32)S(C)(=O)=O)cc1. The van der Waals surface area contributed by atoms with E-state index in [1.54, 1.807) is 29.2 Å². The molecule has 2 aromatic rings. The maximum absolute atomic E-state index is 13.0. The maximum Gasteiger partial charge on any atom is 0.247 e. The summed E-state index contributed by atoms with van der Waals surface area (Å²) in [5, 5.41) is 0. The Kier molecular flexibility index (Phi) is 6.24. The number of hydrogen-bond donors (Lipinski definition) is 0. The minimum absolute atomic E-state index is 0.233. The number of sulfonamides is 1. The zero-order valence-electron chi connectivity index (χ0n) is 16.3. The third-order valence-electron chi connectivity index (χ3n) is 4.69. The topological polar surface area (TPSA) is 66.9 Å². The molecule has 1 heterocycles. The quantitative estimate of drug-likeness (QED) is 0.713. The molecular formula is C21H26N2O4S. The van der Waals surface area contributed by atoms with Crippen molar-refractivity contribution in [3.05, 3.63) is 54.1 Å². The molecule has 1 aliphatic heterocycles. The van der Waals surface area contributed by atoms with Crippen molar-refractivity contribution in [1.82, 2.24) is 0 Å². The molecule has 28 heavy (non-hydrogen) atoms. The summed E-state index contributed by atoms with van der Waals surface area (Å²) in [5.74, 6) is 0.444. The van der Waals surface area contributed by atoms with E-state index in [4.69, 9.17) is 4.74 Å². The lowest BCUT2D eigenvalue weighted by atomic mass is 10.0. The molecule has 0 atom stereocenters. The third kappa shape index (κ3) is 4.65. The summed E-state index contributed by atoms with van der Waals surface area (Å²) in [6, 6.07) is 14.6. The Bertz CT molecular complexity index is 926. The van der Waals surface area contributed by atoms with Gasteiger partial charge in [0.1, 0.15) is 12.3 Å². The highest BCUT2D eigenvalue weighted by Gasteiger charge is 2.27. The van der Waals surface area contributed by atoms with Gasteiger partial charge < -0.3 is 9.64 Å². The number of rotatable bonds is 7. The average molecular weight is 403 g/mol. The van der Waals surface area contributed by atoms with E-state index in [1.807, 2.05) is 31.2 Å². The molecule has 0 spiro atoms. The number of carbonyl (C=O) groups is 1.